The van der Waals surface area contributed by atoms with Crippen LogP contribution in [0, 0.1) is 0 Å². The predicted octanol–water partition coefficient (Wildman–Crippen LogP) is -1.68. The van der Waals surface area contributed by atoms with Crippen molar-refractivity contribution < 1.29 is 43.0 Å². The van der Waals surface area contributed by atoms with Crippen LogP contribution in [0.4, 0.5) is 0 Å². The molecular formula is C2H6CuO6S2-2. The Morgan fingerprint density at radius 3 is 0.818 bits per heavy atom. The summed E-state index contributed by atoms with van der Waals surface area (Å²) in [5.41, 5.74) is 0. The molecule has 1 radical (unpaired) electrons. The van der Waals surface area contributed by atoms with E-state index in [0.717, 1.165) is 0 Å². The van der Waals surface area contributed by atoms with E-state index in [4.69, 9.17) is 25.9 Å². The maximum Gasteiger partial charge on any atom is 0.0916 e. The average Bonchev–Trinajstić information content (AvgIpc) is 1.12. The Labute approximate surface area is 76.0 Å². The smallest absolute Gasteiger partial charge is 0.0916 e. The summed E-state index contributed by atoms with van der Waals surface area (Å²) in [6.07, 6.45) is 1.21. The minimum absolute atomic E-state index is 0. The molecule has 0 N–H and O–H groups in total. The van der Waals surface area contributed by atoms with Gasteiger partial charge in [-0.25, -0.2) is 16.8 Å². The van der Waals surface area contributed by atoms with Crippen LogP contribution in [0.2, 0.25) is 0 Å². The molecule has 0 aromatic rings. The van der Waals surface area contributed by atoms with Crippen molar-refractivity contribution in [2.75, 3.05) is 12.5 Å². The molecule has 0 atom stereocenters. The van der Waals surface area contributed by atoms with Crippen molar-refractivity contribution in [2.45, 2.75) is 0 Å². The Bertz CT molecular complexity index is 215. The summed E-state index contributed by atoms with van der Waals surface area (Å²) in [6.45, 7) is 0. The summed E-state index contributed by atoms with van der Waals surface area (Å²) in [7, 11) is -7.83. The van der Waals surface area contributed by atoms with Crippen molar-refractivity contribution in [1.82, 2.24) is 0 Å². The van der Waals surface area contributed by atoms with Gasteiger partial charge < -0.3 is 9.11 Å². The summed E-state index contributed by atoms with van der Waals surface area (Å²) >= 11 is 0. The van der Waals surface area contributed by atoms with Gasteiger partial charge in [0.25, 0.3) is 0 Å². The first-order chi connectivity index (χ1) is 4.00. The molecule has 0 saturated heterocycles. The van der Waals surface area contributed by atoms with Crippen LogP contribution in [0.3, 0.4) is 0 Å². The van der Waals surface area contributed by atoms with Gasteiger partial charge in [0, 0.05) is 29.6 Å². The van der Waals surface area contributed by atoms with Crippen LogP contribution >= 0.6 is 0 Å². The van der Waals surface area contributed by atoms with E-state index >= 15 is 0 Å². The SMILES string of the molecule is CS(=O)(=O)[O-].CS(=O)(=O)[O-].[Cu]. The quantitative estimate of drug-likeness (QED) is 0.376. The number of hydrogen-bond donors (Lipinski definition) is 0. The Morgan fingerprint density at radius 1 is 0.818 bits per heavy atom. The van der Waals surface area contributed by atoms with E-state index < -0.39 is 20.2 Å². The molecule has 0 aliphatic rings. The van der Waals surface area contributed by atoms with Gasteiger partial charge in [0.05, 0.1) is 20.2 Å². The zero-order chi connectivity index (χ0) is 9.00. The minimum Gasteiger partial charge on any atom is -0.748 e. The molecule has 0 heterocycles. The molecule has 0 aromatic heterocycles. The van der Waals surface area contributed by atoms with Crippen LogP contribution in [0.25, 0.3) is 0 Å². The predicted molar refractivity (Wildman–Crippen MR) is 31.2 cm³/mol. The fraction of sp³-hybridized carbons (Fsp3) is 1.00. The molecule has 0 rings (SSSR count). The zero-order valence-electron chi connectivity index (χ0n) is 5.57. The second-order valence-corrected chi connectivity index (χ2v) is 4.22. The van der Waals surface area contributed by atoms with Crippen molar-refractivity contribution in [1.29, 1.82) is 0 Å². The average molecular weight is 254 g/mol. The van der Waals surface area contributed by atoms with Gasteiger partial charge in [-0.05, 0) is 0 Å². The summed E-state index contributed by atoms with van der Waals surface area (Å²) in [5, 5.41) is 0. The molecule has 75 valence electrons. The molecule has 0 aromatic carbocycles. The van der Waals surface area contributed by atoms with E-state index in [0.29, 0.717) is 12.5 Å². The molecule has 0 bridgehead atoms. The van der Waals surface area contributed by atoms with E-state index in [1.54, 1.807) is 0 Å². The molecule has 0 spiro atoms. The summed E-state index contributed by atoms with van der Waals surface area (Å²) in [6, 6.07) is 0. The first-order valence-electron chi connectivity index (χ1n) is 1.82. The van der Waals surface area contributed by atoms with E-state index in [9.17, 15) is 0 Å². The Morgan fingerprint density at radius 2 is 0.818 bits per heavy atom. The van der Waals surface area contributed by atoms with Crippen LogP contribution < -0.4 is 0 Å². The third-order valence-electron chi connectivity index (χ3n) is 0. The van der Waals surface area contributed by atoms with Gasteiger partial charge in [0.1, 0.15) is 0 Å². The molecule has 11 heavy (non-hydrogen) atoms. The van der Waals surface area contributed by atoms with Crippen LogP contribution in [-0.2, 0) is 37.3 Å². The summed E-state index contributed by atoms with van der Waals surface area (Å²) in [4.78, 5) is 0. The van der Waals surface area contributed by atoms with E-state index in [2.05, 4.69) is 0 Å². The van der Waals surface area contributed by atoms with E-state index in [-0.39, 0.29) is 17.1 Å². The van der Waals surface area contributed by atoms with E-state index in [1.807, 2.05) is 0 Å². The fourth-order valence-electron chi connectivity index (χ4n) is 0. The molecular weight excluding hydrogens is 248 g/mol. The molecule has 0 amide bonds. The van der Waals surface area contributed by atoms with Crippen LogP contribution in [0.15, 0.2) is 0 Å². The Balaban J connectivity index is -0.000000107. The van der Waals surface area contributed by atoms with Gasteiger partial charge in [-0.2, -0.15) is 0 Å². The fourth-order valence-corrected chi connectivity index (χ4v) is 0. The van der Waals surface area contributed by atoms with Crippen LogP contribution in [0.5, 0.6) is 0 Å². The number of rotatable bonds is 0. The topological polar surface area (TPSA) is 114 Å². The molecule has 9 heteroatoms. The zero-order valence-corrected chi connectivity index (χ0v) is 8.14. The first kappa shape index (κ1) is 17.4. The monoisotopic (exact) mass is 253 g/mol. The first-order valence-corrected chi connectivity index (χ1v) is 5.45. The van der Waals surface area contributed by atoms with Crippen LogP contribution in [-0.4, -0.2) is 38.5 Å². The molecule has 0 saturated carbocycles. The Hall–Kier alpha value is 0.339. The van der Waals surface area contributed by atoms with Gasteiger partial charge in [-0.1, -0.05) is 0 Å². The summed E-state index contributed by atoms with van der Waals surface area (Å²) < 4.78 is 54.5. The third-order valence-corrected chi connectivity index (χ3v) is 0. The van der Waals surface area contributed by atoms with E-state index in [1.165, 1.54) is 0 Å². The standard InChI is InChI=1S/2CH4O3S.Cu/c2*1-5(2,3)4;/h2*1H3,(H,2,3,4);/p-2. The van der Waals surface area contributed by atoms with Crippen molar-refractivity contribution in [3.63, 3.8) is 0 Å². The maximum atomic E-state index is 9.08. The maximum absolute atomic E-state index is 9.08. The van der Waals surface area contributed by atoms with Gasteiger partial charge >= 0.3 is 0 Å². The van der Waals surface area contributed by atoms with Crippen molar-refractivity contribution >= 4 is 20.2 Å². The van der Waals surface area contributed by atoms with Gasteiger partial charge in [-0.15, -0.1) is 0 Å². The molecule has 0 fully saturated rings. The normalized spacial score (nSPS) is 10.5. The largest absolute Gasteiger partial charge is 0.748 e. The second kappa shape index (κ2) is 5.92. The van der Waals surface area contributed by atoms with Gasteiger partial charge in [-0.3, -0.25) is 0 Å². The number of hydrogen-bond acceptors (Lipinski definition) is 6. The van der Waals surface area contributed by atoms with Crippen molar-refractivity contribution in [2.24, 2.45) is 0 Å². The molecule has 0 unspecified atom stereocenters. The van der Waals surface area contributed by atoms with Crippen molar-refractivity contribution in [3.8, 4) is 0 Å². The summed E-state index contributed by atoms with van der Waals surface area (Å²) in [5.74, 6) is 0. The molecule has 0 aliphatic carbocycles. The van der Waals surface area contributed by atoms with Gasteiger partial charge in [0.2, 0.25) is 0 Å². The third kappa shape index (κ3) is 6240. The van der Waals surface area contributed by atoms with Gasteiger partial charge in [0.15, 0.2) is 0 Å². The minimum atomic E-state index is -3.92. The van der Waals surface area contributed by atoms with Crippen LogP contribution in [0.1, 0.15) is 0 Å². The Kier molecular flexibility index (Phi) is 9.39. The second-order valence-electron chi connectivity index (χ2n) is 1.41. The molecule has 0 aliphatic heterocycles. The van der Waals surface area contributed by atoms with Crippen molar-refractivity contribution in [3.05, 3.63) is 0 Å². The molecule has 6 nitrogen and oxygen atoms in total.